The first-order chi connectivity index (χ1) is 13.8. The van der Waals surface area contributed by atoms with Crippen LogP contribution in [0.5, 0.6) is 5.75 Å². The second kappa shape index (κ2) is 8.13. The Morgan fingerprint density at radius 1 is 1.28 bits per heavy atom. The summed E-state index contributed by atoms with van der Waals surface area (Å²) in [5.74, 6) is -2.07. The largest absolute Gasteiger partial charge is 0.458 e. The predicted molar refractivity (Wildman–Crippen MR) is 100 cm³/mol. The van der Waals surface area contributed by atoms with E-state index in [1.165, 1.54) is 31.2 Å². The summed E-state index contributed by atoms with van der Waals surface area (Å²) >= 11 is 0. The summed E-state index contributed by atoms with van der Waals surface area (Å²) in [6.07, 6.45) is 1.37. The molecule has 1 aliphatic rings. The highest BCUT2D eigenvalue weighted by atomic mass is 19.3. The highest BCUT2D eigenvalue weighted by Gasteiger charge is 2.37. The van der Waals surface area contributed by atoms with Gasteiger partial charge in [-0.05, 0) is 13.0 Å². The van der Waals surface area contributed by atoms with E-state index < -0.39 is 29.7 Å². The van der Waals surface area contributed by atoms with Crippen LogP contribution in [0.3, 0.4) is 0 Å². The van der Waals surface area contributed by atoms with E-state index in [1.807, 2.05) is 0 Å². The number of aromatic nitrogens is 2. The molecule has 0 bridgehead atoms. The number of carbonyl (C=O) groups excluding carboxylic acids is 1. The van der Waals surface area contributed by atoms with Crippen molar-refractivity contribution in [2.45, 2.75) is 19.5 Å². The number of halogens is 2. The average molecular weight is 405 g/mol. The van der Waals surface area contributed by atoms with Crippen LogP contribution in [0.15, 0.2) is 57.8 Å². The Kier molecular flexibility index (Phi) is 5.62. The monoisotopic (exact) mass is 405 g/mol. The van der Waals surface area contributed by atoms with Crippen molar-refractivity contribution < 1.29 is 23.0 Å². The normalized spacial score (nSPS) is 15.5. The molecule has 10 heteroatoms. The second-order valence-electron chi connectivity index (χ2n) is 6.10. The van der Waals surface area contributed by atoms with Gasteiger partial charge >= 0.3 is 18.3 Å². The number of H-pyrrole nitrogens is 2. The van der Waals surface area contributed by atoms with Gasteiger partial charge in [-0.3, -0.25) is 14.8 Å². The summed E-state index contributed by atoms with van der Waals surface area (Å²) in [5.41, 5.74) is -1.15. The summed E-state index contributed by atoms with van der Waals surface area (Å²) in [5, 5.41) is 2.80. The molecule has 0 fully saturated rings. The summed E-state index contributed by atoms with van der Waals surface area (Å²) in [7, 11) is 0. The lowest BCUT2D eigenvalue weighted by molar-refractivity contribution is -0.138. The topological polar surface area (TPSA) is 113 Å². The first kappa shape index (κ1) is 20.1. The number of carbonyl (C=O) groups is 1. The molecule has 0 spiro atoms. The zero-order chi connectivity index (χ0) is 21.1. The van der Waals surface area contributed by atoms with Crippen LogP contribution in [0.2, 0.25) is 0 Å². The van der Waals surface area contributed by atoms with Crippen molar-refractivity contribution in [2.24, 2.45) is 0 Å². The lowest BCUT2D eigenvalue weighted by Gasteiger charge is -2.29. The summed E-state index contributed by atoms with van der Waals surface area (Å²) in [6.45, 7) is 1.80. The van der Waals surface area contributed by atoms with Crippen molar-refractivity contribution in [3.05, 3.63) is 80.2 Å². The van der Waals surface area contributed by atoms with Gasteiger partial charge in [0.05, 0.1) is 17.1 Å². The van der Waals surface area contributed by atoms with Gasteiger partial charge in [0.2, 0.25) is 0 Å². The predicted octanol–water partition coefficient (Wildman–Crippen LogP) is 2.23. The average Bonchev–Trinajstić information content (AvgIpc) is 2.64. The third-order valence-electron chi connectivity index (χ3n) is 4.27. The van der Waals surface area contributed by atoms with E-state index in [0.29, 0.717) is 0 Å². The third kappa shape index (κ3) is 3.96. The molecule has 29 heavy (non-hydrogen) atoms. The molecule has 3 N–H and O–H groups in total. The number of allylic oxidation sites excluding steroid dienone is 1. The molecule has 3 rings (SSSR count). The Bertz CT molecular complexity index is 1100. The molecular weight excluding hydrogens is 388 g/mol. The number of hydrogen-bond acceptors (Lipinski definition) is 6. The Morgan fingerprint density at radius 2 is 2.00 bits per heavy atom. The first-order valence-corrected chi connectivity index (χ1v) is 8.49. The van der Waals surface area contributed by atoms with Crippen LogP contribution in [0, 0.1) is 0 Å². The van der Waals surface area contributed by atoms with Gasteiger partial charge in [-0.25, -0.2) is 9.59 Å². The number of rotatable bonds is 6. The molecule has 0 saturated carbocycles. The van der Waals surface area contributed by atoms with E-state index in [-0.39, 0.29) is 40.6 Å². The standard InChI is InChI=1S/C19H17F2N3O5/c1-3-8-28-17(26)12-9(2)22-15-14(16(25)24-19(27)23-15)13(12)10-6-4-5-7-11(10)29-18(20)21/h3-7,13,18H,1,8H2,2H3,(H3,22,23,24,25,27). The van der Waals surface area contributed by atoms with Crippen molar-refractivity contribution in [2.75, 3.05) is 11.9 Å². The van der Waals surface area contributed by atoms with E-state index in [2.05, 4.69) is 26.6 Å². The molecule has 1 aromatic carbocycles. The molecule has 1 atom stereocenters. The van der Waals surface area contributed by atoms with Gasteiger partial charge < -0.3 is 14.8 Å². The van der Waals surface area contributed by atoms with Crippen LogP contribution in [0.4, 0.5) is 14.6 Å². The van der Waals surface area contributed by atoms with Gasteiger partial charge in [-0.2, -0.15) is 8.78 Å². The number of hydrogen-bond donors (Lipinski definition) is 3. The molecule has 1 unspecified atom stereocenters. The number of para-hydroxylation sites is 1. The van der Waals surface area contributed by atoms with Crippen molar-refractivity contribution in [1.82, 2.24) is 9.97 Å². The quantitative estimate of drug-likeness (QED) is 0.502. The molecular formula is C19H17F2N3O5. The fourth-order valence-electron chi connectivity index (χ4n) is 3.20. The Morgan fingerprint density at radius 3 is 2.69 bits per heavy atom. The van der Waals surface area contributed by atoms with E-state index in [1.54, 1.807) is 6.07 Å². The minimum absolute atomic E-state index is 0.0159. The van der Waals surface area contributed by atoms with Crippen molar-refractivity contribution in [3.63, 3.8) is 0 Å². The number of anilines is 1. The van der Waals surface area contributed by atoms with Crippen LogP contribution in [-0.2, 0) is 9.53 Å². The molecule has 1 aromatic heterocycles. The third-order valence-corrected chi connectivity index (χ3v) is 4.27. The minimum atomic E-state index is -3.12. The molecule has 0 amide bonds. The van der Waals surface area contributed by atoms with Gasteiger partial charge in [0, 0.05) is 11.3 Å². The summed E-state index contributed by atoms with van der Waals surface area (Å²) in [4.78, 5) is 41.6. The zero-order valence-electron chi connectivity index (χ0n) is 15.3. The lowest BCUT2D eigenvalue weighted by atomic mass is 9.82. The maximum Gasteiger partial charge on any atom is 0.387 e. The maximum atomic E-state index is 12.9. The van der Waals surface area contributed by atoms with Crippen LogP contribution < -0.4 is 21.3 Å². The highest BCUT2D eigenvalue weighted by Crippen LogP contribution is 2.42. The molecule has 8 nitrogen and oxygen atoms in total. The molecule has 0 aliphatic carbocycles. The number of benzene rings is 1. The van der Waals surface area contributed by atoms with E-state index in [9.17, 15) is 23.2 Å². The van der Waals surface area contributed by atoms with Gasteiger partial charge in [-0.1, -0.05) is 30.9 Å². The lowest BCUT2D eigenvalue weighted by Crippen LogP contribution is -2.35. The fourth-order valence-corrected chi connectivity index (χ4v) is 3.20. The first-order valence-electron chi connectivity index (χ1n) is 8.49. The number of esters is 1. The summed E-state index contributed by atoms with van der Waals surface area (Å²) < 4.78 is 35.6. The zero-order valence-corrected chi connectivity index (χ0v) is 15.3. The van der Waals surface area contributed by atoms with E-state index in [4.69, 9.17) is 4.74 Å². The van der Waals surface area contributed by atoms with Gasteiger partial charge in [-0.15, -0.1) is 0 Å². The number of nitrogens with one attached hydrogen (secondary N) is 3. The van der Waals surface area contributed by atoms with E-state index in [0.717, 1.165) is 0 Å². The fraction of sp³-hybridized carbons (Fsp3) is 0.211. The molecule has 2 heterocycles. The van der Waals surface area contributed by atoms with Crippen LogP contribution >= 0.6 is 0 Å². The summed E-state index contributed by atoms with van der Waals surface area (Å²) in [6, 6.07) is 5.78. The number of ether oxygens (including phenoxy) is 2. The van der Waals surface area contributed by atoms with Crippen LogP contribution in [-0.4, -0.2) is 29.2 Å². The van der Waals surface area contributed by atoms with Crippen LogP contribution in [0.1, 0.15) is 24.0 Å². The Balaban J connectivity index is 2.28. The molecule has 0 radical (unpaired) electrons. The van der Waals surface area contributed by atoms with Crippen molar-refractivity contribution in [3.8, 4) is 5.75 Å². The minimum Gasteiger partial charge on any atom is -0.458 e. The van der Waals surface area contributed by atoms with Gasteiger partial charge in [0.25, 0.3) is 5.56 Å². The number of fused-ring (bicyclic) bond motifs is 1. The van der Waals surface area contributed by atoms with Crippen LogP contribution in [0.25, 0.3) is 0 Å². The maximum absolute atomic E-state index is 12.9. The molecule has 1 aliphatic heterocycles. The molecule has 2 aromatic rings. The Labute approximate surface area is 162 Å². The number of alkyl halides is 2. The Hall–Kier alpha value is -3.69. The van der Waals surface area contributed by atoms with Gasteiger partial charge in [0.1, 0.15) is 18.2 Å². The molecule has 0 saturated heterocycles. The van der Waals surface area contributed by atoms with Crippen molar-refractivity contribution >= 4 is 11.8 Å². The van der Waals surface area contributed by atoms with Gasteiger partial charge in [0.15, 0.2) is 0 Å². The molecule has 152 valence electrons. The van der Waals surface area contributed by atoms with E-state index >= 15 is 0 Å². The van der Waals surface area contributed by atoms with Crippen molar-refractivity contribution in [1.29, 1.82) is 0 Å². The number of aromatic amines is 2. The SMILES string of the molecule is C=CCOC(=O)C1=C(C)Nc2[nH]c(=O)[nH]c(=O)c2C1c1ccccc1OC(F)F. The second-order valence-corrected chi connectivity index (χ2v) is 6.10. The highest BCUT2D eigenvalue weighted by molar-refractivity contribution is 5.94. The smallest absolute Gasteiger partial charge is 0.387 e.